The maximum absolute atomic E-state index is 10.6. The Labute approximate surface area is 121 Å². The van der Waals surface area contributed by atoms with E-state index in [1.165, 1.54) is 12.1 Å². The van der Waals surface area contributed by atoms with Crippen LogP contribution in [0, 0.1) is 10.1 Å². The first-order valence-corrected chi connectivity index (χ1v) is 6.32. The molecule has 0 aliphatic heterocycles. The van der Waals surface area contributed by atoms with Crippen LogP contribution in [-0.4, -0.2) is 4.92 Å². The van der Waals surface area contributed by atoms with Crippen LogP contribution >= 0.6 is 11.6 Å². The van der Waals surface area contributed by atoms with Gasteiger partial charge in [-0.05, 0) is 23.8 Å². The maximum atomic E-state index is 10.6. The third-order valence-electron chi connectivity index (χ3n) is 2.80. The molecule has 0 saturated heterocycles. The lowest BCUT2D eigenvalue weighted by Crippen LogP contribution is -1.99. The highest BCUT2D eigenvalue weighted by Gasteiger charge is 2.09. The van der Waals surface area contributed by atoms with E-state index in [0.717, 1.165) is 5.56 Å². The summed E-state index contributed by atoms with van der Waals surface area (Å²) < 4.78 is 5.58. The molecule has 0 radical (unpaired) electrons. The molecule has 2 N–H and O–H groups in total. The summed E-state index contributed by atoms with van der Waals surface area (Å²) in [6.07, 6.45) is 0. The maximum Gasteiger partial charge on any atom is 0.270 e. The number of non-ortho nitro benzene ring substituents is 1. The van der Waals surface area contributed by atoms with E-state index in [4.69, 9.17) is 22.1 Å². The van der Waals surface area contributed by atoms with E-state index >= 15 is 0 Å². The van der Waals surface area contributed by atoms with Crippen LogP contribution in [0.15, 0.2) is 42.5 Å². The van der Waals surface area contributed by atoms with Crippen molar-refractivity contribution in [1.29, 1.82) is 0 Å². The molecule has 2 aromatic carbocycles. The predicted octanol–water partition coefficient (Wildman–Crippen LogP) is 3.29. The Kier molecular flexibility index (Phi) is 4.55. The zero-order valence-corrected chi connectivity index (χ0v) is 11.3. The van der Waals surface area contributed by atoms with Gasteiger partial charge < -0.3 is 10.5 Å². The molecule has 0 aromatic heterocycles. The van der Waals surface area contributed by atoms with Gasteiger partial charge in [-0.15, -0.1) is 0 Å². The van der Waals surface area contributed by atoms with Gasteiger partial charge in [-0.25, -0.2) is 0 Å². The number of nitrogens with zero attached hydrogens (tertiary/aromatic N) is 1. The van der Waals surface area contributed by atoms with Gasteiger partial charge in [0.05, 0.1) is 9.95 Å². The van der Waals surface area contributed by atoms with Gasteiger partial charge in [-0.2, -0.15) is 0 Å². The minimum Gasteiger partial charge on any atom is -0.489 e. The molecule has 0 heterocycles. The van der Waals surface area contributed by atoms with E-state index in [-0.39, 0.29) is 12.3 Å². The van der Waals surface area contributed by atoms with E-state index in [1.54, 1.807) is 6.07 Å². The highest BCUT2D eigenvalue weighted by atomic mass is 35.5. The van der Waals surface area contributed by atoms with E-state index < -0.39 is 4.92 Å². The first-order chi connectivity index (χ1) is 9.60. The molecule has 2 aromatic rings. The predicted molar refractivity (Wildman–Crippen MR) is 76.8 cm³/mol. The Balaban J connectivity index is 2.04. The second-order valence-electron chi connectivity index (χ2n) is 4.17. The minimum absolute atomic E-state index is 0.0361. The third-order valence-corrected chi connectivity index (χ3v) is 3.15. The van der Waals surface area contributed by atoms with Crippen LogP contribution in [0.1, 0.15) is 11.1 Å². The zero-order chi connectivity index (χ0) is 14.5. The Morgan fingerprint density at radius 3 is 2.45 bits per heavy atom. The minimum atomic E-state index is -0.484. The van der Waals surface area contributed by atoms with Crippen LogP contribution in [0.25, 0.3) is 0 Å². The van der Waals surface area contributed by atoms with Crippen molar-refractivity contribution in [2.75, 3.05) is 0 Å². The first kappa shape index (κ1) is 14.3. The molecule has 0 atom stereocenters. The van der Waals surface area contributed by atoms with Gasteiger partial charge in [0.2, 0.25) is 0 Å². The summed E-state index contributed by atoms with van der Waals surface area (Å²) in [7, 11) is 0. The largest absolute Gasteiger partial charge is 0.489 e. The van der Waals surface area contributed by atoms with Crippen molar-refractivity contribution in [3.05, 3.63) is 68.7 Å². The third kappa shape index (κ3) is 3.46. The van der Waals surface area contributed by atoms with Crippen molar-refractivity contribution < 1.29 is 9.66 Å². The summed E-state index contributed by atoms with van der Waals surface area (Å²) >= 11 is 5.99. The normalized spacial score (nSPS) is 10.3. The molecule has 0 unspecified atom stereocenters. The fourth-order valence-corrected chi connectivity index (χ4v) is 1.88. The number of nitrogens with two attached hydrogens (primary N) is 1. The lowest BCUT2D eigenvalue weighted by atomic mass is 10.2. The monoisotopic (exact) mass is 292 g/mol. The standard InChI is InChI=1S/C14H13ClN2O3/c15-14-7-12(17(18)19)4-3-11(14)9-20-13-5-1-10(8-16)2-6-13/h1-7H,8-9,16H2. The number of ether oxygens (including phenoxy) is 1. The van der Waals surface area contributed by atoms with E-state index in [1.807, 2.05) is 24.3 Å². The van der Waals surface area contributed by atoms with Crippen molar-refractivity contribution in [1.82, 2.24) is 0 Å². The number of nitro groups is 1. The fourth-order valence-electron chi connectivity index (χ4n) is 1.65. The molecule has 20 heavy (non-hydrogen) atoms. The molecule has 0 bridgehead atoms. The van der Waals surface area contributed by atoms with Crippen molar-refractivity contribution >= 4 is 17.3 Å². The number of hydrogen-bond acceptors (Lipinski definition) is 4. The lowest BCUT2D eigenvalue weighted by Gasteiger charge is -2.08. The zero-order valence-electron chi connectivity index (χ0n) is 10.6. The van der Waals surface area contributed by atoms with Gasteiger partial charge in [-0.1, -0.05) is 23.7 Å². The molecule has 5 nitrogen and oxygen atoms in total. The van der Waals surface area contributed by atoms with Crippen LogP contribution in [0.3, 0.4) is 0 Å². The Hall–Kier alpha value is -2.11. The van der Waals surface area contributed by atoms with Crippen molar-refractivity contribution in [3.8, 4) is 5.75 Å². The molecule has 104 valence electrons. The fraction of sp³-hybridized carbons (Fsp3) is 0.143. The van der Waals surface area contributed by atoms with E-state index in [0.29, 0.717) is 22.9 Å². The molecule has 6 heteroatoms. The molecule has 0 aliphatic carbocycles. The van der Waals surface area contributed by atoms with Gasteiger partial charge in [0, 0.05) is 24.2 Å². The average molecular weight is 293 g/mol. The molecule has 0 spiro atoms. The number of hydrogen-bond donors (Lipinski definition) is 1. The summed E-state index contributed by atoms with van der Waals surface area (Å²) in [5.41, 5.74) is 7.19. The molecule has 0 amide bonds. The van der Waals surface area contributed by atoms with Gasteiger partial charge in [0.1, 0.15) is 12.4 Å². The van der Waals surface area contributed by atoms with Crippen molar-refractivity contribution in [2.45, 2.75) is 13.2 Å². The summed E-state index contributed by atoms with van der Waals surface area (Å²) in [6.45, 7) is 0.729. The molecule has 0 fully saturated rings. The van der Waals surface area contributed by atoms with Gasteiger partial charge in [0.25, 0.3) is 5.69 Å². The van der Waals surface area contributed by atoms with E-state index in [9.17, 15) is 10.1 Å². The topological polar surface area (TPSA) is 78.4 Å². The summed E-state index contributed by atoms with van der Waals surface area (Å²) in [4.78, 5) is 10.1. The van der Waals surface area contributed by atoms with Crippen molar-refractivity contribution in [2.24, 2.45) is 5.73 Å². The molecular formula is C14H13ClN2O3. The number of nitro benzene ring substituents is 1. The SMILES string of the molecule is NCc1ccc(OCc2ccc([N+](=O)[O-])cc2Cl)cc1. The molecule has 0 aliphatic rings. The van der Waals surface area contributed by atoms with Crippen LogP contribution in [-0.2, 0) is 13.2 Å². The number of rotatable bonds is 5. The van der Waals surface area contributed by atoms with Crippen molar-refractivity contribution in [3.63, 3.8) is 0 Å². The molecule has 0 saturated carbocycles. The van der Waals surface area contributed by atoms with Gasteiger partial charge in [-0.3, -0.25) is 10.1 Å². The van der Waals surface area contributed by atoms with Gasteiger partial charge >= 0.3 is 0 Å². The average Bonchev–Trinajstić information content (AvgIpc) is 2.46. The number of benzene rings is 2. The molecule has 2 rings (SSSR count). The summed E-state index contributed by atoms with van der Waals surface area (Å²) in [6, 6.07) is 11.7. The smallest absolute Gasteiger partial charge is 0.270 e. The van der Waals surface area contributed by atoms with Crippen LogP contribution in [0.2, 0.25) is 5.02 Å². The molecular weight excluding hydrogens is 280 g/mol. The van der Waals surface area contributed by atoms with Crippen LogP contribution < -0.4 is 10.5 Å². The first-order valence-electron chi connectivity index (χ1n) is 5.95. The van der Waals surface area contributed by atoms with Crippen LogP contribution in [0.5, 0.6) is 5.75 Å². The quantitative estimate of drug-likeness (QED) is 0.677. The van der Waals surface area contributed by atoms with E-state index in [2.05, 4.69) is 0 Å². The summed E-state index contributed by atoms with van der Waals surface area (Å²) in [5.74, 6) is 0.691. The second-order valence-corrected chi connectivity index (χ2v) is 4.58. The Morgan fingerprint density at radius 1 is 1.20 bits per heavy atom. The highest BCUT2D eigenvalue weighted by Crippen LogP contribution is 2.24. The lowest BCUT2D eigenvalue weighted by molar-refractivity contribution is -0.384. The summed E-state index contributed by atoms with van der Waals surface area (Å²) in [5, 5.41) is 10.9. The Bertz CT molecular complexity index is 614. The number of halogens is 1. The Morgan fingerprint density at radius 2 is 1.90 bits per heavy atom. The van der Waals surface area contributed by atoms with Crippen LogP contribution in [0.4, 0.5) is 5.69 Å². The second kappa shape index (κ2) is 6.36. The van der Waals surface area contributed by atoms with Gasteiger partial charge in [0.15, 0.2) is 0 Å². The highest BCUT2D eigenvalue weighted by molar-refractivity contribution is 6.31.